The fraction of sp³-hybridized carbons (Fsp3) is 0.368. The van der Waals surface area contributed by atoms with Crippen molar-refractivity contribution in [2.24, 2.45) is 5.73 Å². The first-order chi connectivity index (χ1) is 11.0. The van der Waals surface area contributed by atoms with E-state index in [0.29, 0.717) is 5.69 Å². The van der Waals surface area contributed by atoms with Crippen LogP contribution in [0.15, 0.2) is 24.3 Å². The topological polar surface area (TPSA) is 76.2 Å². The first-order valence-corrected chi connectivity index (χ1v) is 8.02. The zero-order valence-electron chi connectivity index (χ0n) is 14.0. The molecule has 0 fully saturated rings. The minimum absolute atomic E-state index is 0.259. The standard InChI is InChI=1S/C19H24N2O2/c1-4-5-6-16-15(11-20)18(14-9-7-12(2)8-10-14)17(19(22)23)13(3)21-16/h7-10H,4-6,11,20H2,1-3H3,(H,22,23). The predicted octanol–water partition coefficient (Wildman–Crippen LogP) is 3.86. The molecule has 0 bridgehead atoms. The van der Waals surface area contributed by atoms with Gasteiger partial charge in [-0.25, -0.2) is 4.79 Å². The van der Waals surface area contributed by atoms with Crippen molar-refractivity contribution >= 4 is 5.97 Å². The molecule has 1 aromatic carbocycles. The SMILES string of the molecule is CCCCc1nc(C)c(C(=O)O)c(-c2ccc(C)cc2)c1CN. The second-order valence-electron chi connectivity index (χ2n) is 5.85. The van der Waals surface area contributed by atoms with Crippen LogP contribution >= 0.6 is 0 Å². The normalized spacial score (nSPS) is 10.8. The van der Waals surface area contributed by atoms with Crippen LogP contribution in [0.25, 0.3) is 11.1 Å². The van der Waals surface area contributed by atoms with E-state index in [2.05, 4.69) is 11.9 Å². The first kappa shape index (κ1) is 17.2. The van der Waals surface area contributed by atoms with Gasteiger partial charge in [0, 0.05) is 17.8 Å². The lowest BCUT2D eigenvalue weighted by atomic mass is 9.90. The van der Waals surface area contributed by atoms with E-state index in [9.17, 15) is 9.90 Å². The highest BCUT2D eigenvalue weighted by Crippen LogP contribution is 2.32. The molecule has 0 aliphatic rings. The van der Waals surface area contributed by atoms with E-state index in [1.165, 1.54) is 0 Å². The van der Waals surface area contributed by atoms with Gasteiger partial charge in [-0.05, 0) is 37.8 Å². The number of benzene rings is 1. The summed E-state index contributed by atoms with van der Waals surface area (Å²) >= 11 is 0. The van der Waals surface area contributed by atoms with Gasteiger partial charge in [0.25, 0.3) is 0 Å². The number of aromatic carboxylic acids is 1. The molecule has 0 aliphatic carbocycles. The molecule has 0 amide bonds. The van der Waals surface area contributed by atoms with Crippen molar-refractivity contribution in [3.05, 3.63) is 52.3 Å². The van der Waals surface area contributed by atoms with Gasteiger partial charge in [-0.3, -0.25) is 4.98 Å². The molecule has 122 valence electrons. The van der Waals surface area contributed by atoms with E-state index < -0.39 is 5.97 Å². The van der Waals surface area contributed by atoms with Gasteiger partial charge in [-0.1, -0.05) is 43.2 Å². The summed E-state index contributed by atoms with van der Waals surface area (Å²) in [6.45, 7) is 6.18. The third-order valence-electron chi connectivity index (χ3n) is 4.09. The van der Waals surface area contributed by atoms with Gasteiger partial charge in [0.2, 0.25) is 0 Å². The number of aryl methyl sites for hydroxylation is 3. The van der Waals surface area contributed by atoms with Crippen molar-refractivity contribution in [2.75, 3.05) is 0 Å². The third kappa shape index (κ3) is 3.59. The van der Waals surface area contributed by atoms with Crippen LogP contribution in [0.3, 0.4) is 0 Å². The summed E-state index contributed by atoms with van der Waals surface area (Å²) in [5.41, 5.74) is 11.3. The maximum absolute atomic E-state index is 11.8. The maximum Gasteiger partial charge on any atom is 0.338 e. The van der Waals surface area contributed by atoms with E-state index >= 15 is 0 Å². The zero-order chi connectivity index (χ0) is 17.0. The molecule has 0 spiro atoms. The number of pyridine rings is 1. The van der Waals surface area contributed by atoms with Gasteiger partial charge in [-0.15, -0.1) is 0 Å². The molecule has 2 rings (SSSR count). The highest BCUT2D eigenvalue weighted by Gasteiger charge is 2.22. The van der Waals surface area contributed by atoms with Gasteiger partial charge < -0.3 is 10.8 Å². The monoisotopic (exact) mass is 312 g/mol. The molecule has 0 atom stereocenters. The molecule has 23 heavy (non-hydrogen) atoms. The number of carboxylic acid groups (broad SMARTS) is 1. The van der Waals surface area contributed by atoms with E-state index in [-0.39, 0.29) is 12.1 Å². The average molecular weight is 312 g/mol. The Labute approximate surface area is 137 Å². The minimum Gasteiger partial charge on any atom is -0.478 e. The van der Waals surface area contributed by atoms with Crippen molar-refractivity contribution in [3.8, 4) is 11.1 Å². The molecule has 0 aliphatic heterocycles. The number of aromatic nitrogens is 1. The Bertz CT molecular complexity index is 706. The van der Waals surface area contributed by atoms with Gasteiger partial charge in [-0.2, -0.15) is 0 Å². The molecule has 0 saturated carbocycles. The Hall–Kier alpha value is -2.20. The number of carbonyl (C=O) groups is 1. The van der Waals surface area contributed by atoms with Crippen LogP contribution in [-0.2, 0) is 13.0 Å². The predicted molar refractivity (Wildman–Crippen MR) is 92.6 cm³/mol. The fourth-order valence-corrected chi connectivity index (χ4v) is 2.87. The van der Waals surface area contributed by atoms with Gasteiger partial charge in [0.05, 0.1) is 11.3 Å². The molecule has 0 unspecified atom stereocenters. The molecule has 0 radical (unpaired) electrons. The molecule has 1 heterocycles. The molecule has 2 aromatic rings. The summed E-state index contributed by atoms with van der Waals surface area (Å²) in [4.78, 5) is 16.3. The number of hydrogen-bond acceptors (Lipinski definition) is 3. The molecule has 4 heteroatoms. The van der Waals surface area contributed by atoms with Crippen molar-refractivity contribution in [2.45, 2.75) is 46.6 Å². The summed E-state index contributed by atoms with van der Waals surface area (Å²) in [6, 6.07) is 7.89. The molecule has 3 N–H and O–H groups in total. The second kappa shape index (κ2) is 7.38. The Balaban J connectivity index is 2.75. The van der Waals surface area contributed by atoms with Gasteiger partial charge in [0.1, 0.15) is 0 Å². The Morgan fingerprint density at radius 1 is 1.22 bits per heavy atom. The molecular weight excluding hydrogens is 288 g/mol. The lowest BCUT2D eigenvalue weighted by Gasteiger charge is -2.18. The smallest absolute Gasteiger partial charge is 0.338 e. The van der Waals surface area contributed by atoms with Crippen molar-refractivity contribution in [3.63, 3.8) is 0 Å². The van der Waals surface area contributed by atoms with E-state index in [1.807, 2.05) is 31.2 Å². The van der Waals surface area contributed by atoms with Crippen LogP contribution in [0.4, 0.5) is 0 Å². The zero-order valence-corrected chi connectivity index (χ0v) is 14.0. The molecular formula is C19H24N2O2. The summed E-state index contributed by atoms with van der Waals surface area (Å²) in [5, 5.41) is 9.67. The van der Waals surface area contributed by atoms with E-state index in [0.717, 1.165) is 47.2 Å². The van der Waals surface area contributed by atoms with Crippen LogP contribution in [0.2, 0.25) is 0 Å². The van der Waals surface area contributed by atoms with Crippen molar-refractivity contribution in [1.82, 2.24) is 4.98 Å². The highest BCUT2D eigenvalue weighted by molar-refractivity contribution is 5.98. The molecule has 4 nitrogen and oxygen atoms in total. The Morgan fingerprint density at radius 3 is 2.39 bits per heavy atom. The number of rotatable bonds is 6. The maximum atomic E-state index is 11.8. The van der Waals surface area contributed by atoms with Crippen LogP contribution in [-0.4, -0.2) is 16.1 Å². The lowest BCUT2D eigenvalue weighted by Crippen LogP contribution is -2.14. The summed E-state index contributed by atoms with van der Waals surface area (Å²) in [5.74, 6) is -0.956. The number of nitrogens with zero attached hydrogens (tertiary/aromatic N) is 1. The Kier molecular flexibility index (Phi) is 5.50. The number of hydrogen-bond donors (Lipinski definition) is 2. The van der Waals surface area contributed by atoms with Gasteiger partial charge >= 0.3 is 5.97 Å². The van der Waals surface area contributed by atoms with Gasteiger partial charge in [0.15, 0.2) is 0 Å². The number of nitrogens with two attached hydrogens (primary N) is 1. The van der Waals surface area contributed by atoms with Crippen LogP contribution in [0, 0.1) is 13.8 Å². The average Bonchev–Trinajstić information content (AvgIpc) is 2.52. The van der Waals surface area contributed by atoms with Crippen LogP contribution < -0.4 is 5.73 Å². The van der Waals surface area contributed by atoms with E-state index in [4.69, 9.17) is 5.73 Å². The minimum atomic E-state index is -0.956. The number of unbranched alkanes of at least 4 members (excludes halogenated alkanes) is 1. The summed E-state index contributed by atoms with van der Waals surface area (Å²) in [6.07, 6.45) is 2.90. The lowest BCUT2D eigenvalue weighted by molar-refractivity contribution is 0.0696. The third-order valence-corrected chi connectivity index (χ3v) is 4.09. The van der Waals surface area contributed by atoms with Crippen LogP contribution in [0.5, 0.6) is 0 Å². The molecule has 0 saturated heterocycles. The summed E-state index contributed by atoms with van der Waals surface area (Å²) < 4.78 is 0. The van der Waals surface area contributed by atoms with E-state index in [1.54, 1.807) is 6.92 Å². The fourth-order valence-electron chi connectivity index (χ4n) is 2.87. The second-order valence-corrected chi connectivity index (χ2v) is 5.85. The number of carboxylic acids is 1. The molecule has 1 aromatic heterocycles. The largest absolute Gasteiger partial charge is 0.478 e. The highest BCUT2D eigenvalue weighted by atomic mass is 16.4. The first-order valence-electron chi connectivity index (χ1n) is 8.02. The van der Waals surface area contributed by atoms with Crippen molar-refractivity contribution < 1.29 is 9.90 Å². The quantitative estimate of drug-likeness (QED) is 0.849. The summed E-state index contributed by atoms with van der Waals surface area (Å²) in [7, 11) is 0. The van der Waals surface area contributed by atoms with Crippen molar-refractivity contribution in [1.29, 1.82) is 0 Å². The Morgan fingerprint density at radius 2 is 1.87 bits per heavy atom. The van der Waals surface area contributed by atoms with Crippen LogP contribution in [0.1, 0.15) is 52.6 Å².